The number of fused-ring (bicyclic) bond motifs is 3. The van der Waals surface area contributed by atoms with E-state index in [9.17, 15) is 14.4 Å². The summed E-state index contributed by atoms with van der Waals surface area (Å²) in [6.07, 6.45) is -0.0861. The molecule has 0 aromatic heterocycles. The smallest absolute Gasteiger partial charge is 0.407 e. The number of ether oxygens (including phenoxy) is 1. The molecular formula is C26H30N2O5. The van der Waals surface area contributed by atoms with E-state index in [0.29, 0.717) is 6.42 Å². The van der Waals surface area contributed by atoms with Crippen LogP contribution in [0.2, 0.25) is 0 Å². The van der Waals surface area contributed by atoms with Gasteiger partial charge in [-0.15, -0.1) is 0 Å². The van der Waals surface area contributed by atoms with Crippen molar-refractivity contribution in [1.82, 2.24) is 10.6 Å². The molecule has 0 heterocycles. The molecule has 7 nitrogen and oxygen atoms in total. The van der Waals surface area contributed by atoms with Crippen LogP contribution in [-0.2, 0) is 14.3 Å². The maximum atomic E-state index is 12.8. The molecule has 2 unspecified atom stereocenters. The zero-order valence-corrected chi connectivity index (χ0v) is 19.1. The number of rotatable bonds is 7. The quantitative estimate of drug-likeness (QED) is 0.596. The van der Waals surface area contributed by atoms with Gasteiger partial charge in [-0.2, -0.15) is 0 Å². The van der Waals surface area contributed by atoms with E-state index < -0.39 is 29.4 Å². The van der Waals surface area contributed by atoms with Crippen LogP contribution in [0.5, 0.6) is 0 Å². The predicted octanol–water partition coefficient (Wildman–Crippen LogP) is 3.78. The molecule has 3 N–H and O–H groups in total. The van der Waals surface area contributed by atoms with E-state index in [0.717, 1.165) is 22.3 Å². The molecule has 2 aliphatic rings. The average molecular weight is 451 g/mol. The molecule has 1 fully saturated rings. The van der Waals surface area contributed by atoms with Gasteiger partial charge in [0.05, 0.1) is 5.92 Å². The van der Waals surface area contributed by atoms with Crippen LogP contribution in [0.4, 0.5) is 4.79 Å². The number of amides is 2. The molecule has 1 saturated carbocycles. The molecule has 0 radical (unpaired) electrons. The van der Waals surface area contributed by atoms with Gasteiger partial charge >= 0.3 is 12.1 Å². The number of hydrogen-bond donors (Lipinski definition) is 3. The maximum Gasteiger partial charge on any atom is 0.407 e. The Kier molecular flexibility index (Phi) is 6.15. The first-order chi connectivity index (χ1) is 15.7. The number of aliphatic carboxylic acids is 1. The Labute approximate surface area is 193 Å². The summed E-state index contributed by atoms with van der Waals surface area (Å²) < 4.78 is 5.59. The molecule has 2 aliphatic carbocycles. The second-order valence-corrected chi connectivity index (χ2v) is 9.95. The molecule has 2 amide bonds. The van der Waals surface area contributed by atoms with Crippen molar-refractivity contribution < 1.29 is 24.2 Å². The van der Waals surface area contributed by atoms with Gasteiger partial charge in [0.25, 0.3) is 0 Å². The van der Waals surface area contributed by atoms with E-state index in [-0.39, 0.29) is 30.9 Å². The molecule has 3 atom stereocenters. The molecular weight excluding hydrogens is 420 g/mol. The van der Waals surface area contributed by atoms with Crippen LogP contribution in [0, 0.1) is 17.3 Å². The van der Waals surface area contributed by atoms with Gasteiger partial charge in [-0.3, -0.25) is 9.59 Å². The largest absolute Gasteiger partial charge is 0.481 e. The van der Waals surface area contributed by atoms with Crippen LogP contribution in [0.3, 0.4) is 0 Å². The van der Waals surface area contributed by atoms with Gasteiger partial charge in [0.1, 0.15) is 12.6 Å². The predicted molar refractivity (Wildman–Crippen MR) is 124 cm³/mol. The lowest BCUT2D eigenvalue weighted by molar-refractivity contribution is -0.139. The molecule has 33 heavy (non-hydrogen) atoms. The Balaban J connectivity index is 1.37. The van der Waals surface area contributed by atoms with Crippen molar-refractivity contribution in [2.45, 2.75) is 39.2 Å². The Morgan fingerprint density at radius 3 is 2.12 bits per heavy atom. The highest BCUT2D eigenvalue weighted by atomic mass is 16.5. The molecule has 174 valence electrons. The third-order valence-electron chi connectivity index (χ3n) is 6.51. The Hall–Kier alpha value is -3.35. The number of carbonyl (C=O) groups excluding carboxylic acids is 2. The van der Waals surface area contributed by atoms with Crippen molar-refractivity contribution in [2.24, 2.45) is 17.3 Å². The number of carboxylic acid groups (broad SMARTS) is 1. The summed E-state index contributed by atoms with van der Waals surface area (Å²) in [4.78, 5) is 36.5. The van der Waals surface area contributed by atoms with Crippen molar-refractivity contribution in [3.8, 4) is 11.1 Å². The summed E-state index contributed by atoms with van der Waals surface area (Å²) in [6, 6.07) is 15.4. The minimum atomic E-state index is -0.835. The number of carboxylic acids is 1. The molecule has 2 aromatic carbocycles. The SMILES string of the molecule is CC(C)(C)[C@@H](NC(=O)OCC1c2ccccc2-c2ccccc21)C(=O)NCC1CC1C(=O)O. The standard InChI is InChI=1S/C26H30N2O5/c1-26(2,3)22(23(29)27-13-15-12-20(15)24(30)31)28-25(32)33-14-21-18-10-6-4-8-16(18)17-9-5-7-11-19(17)21/h4-11,15,20-22H,12-14H2,1-3H3,(H,27,29)(H,28,32)(H,30,31)/t15?,20?,22-/m0/s1. The Morgan fingerprint density at radius 2 is 1.61 bits per heavy atom. The normalized spacial score (nSPS) is 19.7. The number of nitrogens with one attached hydrogen (secondary N) is 2. The first-order valence-electron chi connectivity index (χ1n) is 11.3. The van der Waals surface area contributed by atoms with Gasteiger partial charge in [0.2, 0.25) is 5.91 Å². The third-order valence-corrected chi connectivity index (χ3v) is 6.51. The van der Waals surface area contributed by atoms with Crippen LogP contribution < -0.4 is 10.6 Å². The second-order valence-electron chi connectivity index (χ2n) is 9.95. The number of alkyl carbamates (subject to hydrolysis) is 1. The summed E-state index contributed by atoms with van der Waals surface area (Å²) in [5, 5.41) is 14.5. The van der Waals surface area contributed by atoms with Crippen LogP contribution in [0.25, 0.3) is 11.1 Å². The first-order valence-corrected chi connectivity index (χ1v) is 11.3. The van der Waals surface area contributed by atoms with E-state index in [2.05, 4.69) is 34.9 Å². The summed E-state index contributed by atoms with van der Waals surface area (Å²) in [5.74, 6) is -1.69. The fraction of sp³-hybridized carbons (Fsp3) is 0.423. The zero-order chi connectivity index (χ0) is 23.8. The summed E-state index contributed by atoms with van der Waals surface area (Å²) in [7, 11) is 0. The summed E-state index contributed by atoms with van der Waals surface area (Å²) in [6.45, 7) is 6.03. The molecule has 0 saturated heterocycles. The lowest BCUT2D eigenvalue weighted by Gasteiger charge is -2.30. The third kappa shape index (κ3) is 4.87. The Morgan fingerprint density at radius 1 is 1.03 bits per heavy atom. The average Bonchev–Trinajstić information content (AvgIpc) is 3.49. The van der Waals surface area contributed by atoms with E-state index in [1.807, 2.05) is 45.0 Å². The van der Waals surface area contributed by atoms with E-state index in [1.54, 1.807) is 0 Å². The van der Waals surface area contributed by atoms with Crippen molar-refractivity contribution >= 4 is 18.0 Å². The van der Waals surface area contributed by atoms with Crippen molar-refractivity contribution in [2.75, 3.05) is 13.2 Å². The zero-order valence-electron chi connectivity index (χ0n) is 19.1. The van der Waals surface area contributed by atoms with Crippen LogP contribution >= 0.6 is 0 Å². The maximum absolute atomic E-state index is 12.8. The van der Waals surface area contributed by atoms with Gasteiger partial charge in [0.15, 0.2) is 0 Å². The topological polar surface area (TPSA) is 105 Å². The fourth-order valence-electron chi connectivity index (χ4n) is 4.54. The highest BCUT2D eigenvalue weighted by molar-refractivity contribution is 5.86. The van der Waals surface area contributed by atoms with Crippen LogP contribution in [0.15, 0.2) is 48.5 Å². The van der Waals surface area contributed by atoms with Crippen LogP contribution in [-0.4, -0.2) is 42.3 Å². The van der Waals surface area contributed by atoms with Gasteiger partial charge < -0.3 is 20.5 Å². The summed E-state index contributed by atoms with van der Waals surface area (Å²) >= 11 is 0. The second kappa shape index (κ2) is 8.89. The van der Waals surface area contributed by atoms with Crippen molar-refractivity contribution in [1.29, 1.82) is 0 Å². The van der Waals surface area contributed by atoms with Gasteiger partial charge in [-0.1, -0.05) is 69.3 Å². The first kappa shape index (κ1) is 22.8. The number of carbonyl (C=O) groups is 3. The van der Waals surface area contributed by atoms with Gasteiger partial charge in [0, 0.05) is 12.5 Å². The minimum absolute atomic E-state index is 0.0541. The highest BCUT2D eigenvalue weighted by Gasteiger charge is 2.44. The molecule has 0 aliphatic heterocycles. The molecule has 4 rings (SSSR count). The van der Waals surface area contributed by atoms with Gasteiger partial charge in [-0.25, -0.2) is 4.79 Å². The number of benzene rings is 2. The molecule has 2 aromatic rings. The lowest BCUT2D eigenvalue weighted by atomic mass is 9.86. The van der Waals surface area contributed by atoms with E-state index >= 15 is 0 Å². The van der Waals surface area contributed by atoms with Crippen LogP contribution in [0.1, 0.15) is 44.2 Å². The van der Waals surface area contributed by atoms with E-state index in [4.69, 9.17) is 9.84 Å². The lowest BCUT2D eigenvalue weighted by Crippen LogP contribution is -2.54. The number of hydrogen-bond acceptors (Lipinski definition) is 4. The molecule has 0 bridgehead atoms. The monoisotopic (exact) mass is 450 g/mol. The van der Waals surface area contributed by atoms with Crippen molar-refractivity contribution in [3.05, 3.63) is 59.7 Å². The fourth-order valence-corrected chi connectivity index (χ4v) is 4.54. The Bertz CT molecular complexity index is 1030. The van der Waals surface area contributed by atoms with E-state index in [1.165, 1.54) is 0 Å². The van der Waals surface area contributed by atoms with Crippen molar-refractivity contribution in [3.63, 3.8) is 0 Å². The van der Waals surface area contributed by atoms with Gasteiger partial charge in [-0.05, 0) is 40.0 Å². The molecule has 7 heteroatoms. The highest BCUT2D eigenvalue weighted by Crippen LogP contribution is 2.44. The summed E-state index contributed by atoms with van der Waals surface area (Å²) in [5.41, 5.74) is 3.98. The molecule has 0 spiro atoms. The minimum Gasteiger partial charge on any atom is -0.481 e.